The van der Waals surface area contributed by atoms with Gasteiger partial charge in [-0.2, -0.15) is 5.10 Å². The van der Waals surface area contributed by atoms with Gasteiger partial charge in [0.1, 0.15) is 0 Å². The summed E-state index contributed by atoms with van der Waals surface area (Å²) in [5, 5.41) is 16.3. The first-order valence-electron chi connectivity index (χ1n) is 6.68. The third-order valence-electron chi connectivity index (χ3n) is 3.18. The van der Waals surface area contributed by atoms with Crippen molar-refractivity contribution < 1.29 is 9.62 Å². The van der Waals surface area contributed by atoms with Crippen LogP contribution in [0.25, 0.3) is 17.3 Å². The molecule has 7 nitrogen and oxygen atoms in total. The second-order valence-corrected chi connectivity index (χ2v) is 4.86. The number of nitrogens with two attached hydrogens (primary N) is 1. The largest absolute Gasteiger partial charge is 0.417 e. The van der Waals surface area contributed by atoms with E-state index in [-0.39, 0.29) is 11.5 Å². The van der Waals surface area contributed by atoms with Gasteiger partial charge in [-0.3, -0.25) is 0 Å². The first-order chi connectivity index (χ1) is 10.6. The van der Waals surface area contributed by atoms with Crippen LogP contribution in [0, 0.1) is 13.8 Å². The molecule has 3 aromatic rings. The molecule has 0 aliphatic heterocycles. The number of hydrogen-bond acceptors (Lipinski definition) is 5. The Morgan fingerprint density at radius 2 is 2.00 bits per heavy atom. The van der Waals surface area contributed by atoms with Crippen LogP contribution in [0.3, 0.4) is 0 Å². The maximum absolute atomic E-state index is 8.97. The number of nitrogens with zero attached hydrogens (tertiary/aromatic N) is 4. The van der Waals surface area contributed by atoms with E-state index in [4.69, 9.17) is 15.4 Å². The molecule has 0 aliphatic carbocycles. The van der Waals surface area contributed by atoms with Crippen LogP contribution in [0.4, 0.5) is 0 Å². The minimum atomic E-state index is -0.131. The average Bonchev–Trinajstić information content (AvgIpc) is 3.10. The molecule has 3 N–H and O–H groups in total. The fourth-order valence-electron chi connectivity index (χ4n) is 2.21. The number of amidine groups is 1. The first-order valence-corrected chi connectivity index (χ1v) is 6.68. The Kier molecular flexibility index (Phi) is 3.38. The standard InChI is InChI=1S/C15H15N5O2/c1-9-8-10(2)20(18-9)15-12(13(16)19-21)17-14(22-15)11-6-4-3-5-7-11/h3-8,21H,1-2H3,(H2,16,19). The molecule has 2 aromatic heterocycles. The molecule has 0 aliphatic rings. The molecule has 0 spiro atoms. The van der Waals surface area contributed by atoms with Crippen LogP contribution in [-0.4, -0.2) is 25.8 Å². The van der Waals surface area contributed by atoms with E-state index < -0.39 is 0 Å². The average molecular weight is 297 g/mol. The van der Waals surface area contributed by atoms with E-state index in [1.54, 1.807) is 4.68 Å². The van der Waals surface area contributed by atoms with E-state index in [2.05, 4.69) is 15.2 Å². The Hall–Kier alpha value is -3.09. The van der Waals surface area contributed by atoms with E-state index >= 15 is 0 Å². The zero-order valence-corrected chi connectivity index (χ0v) is 12.2. The number of aryl methyl sites for hydroxylation is 2. The molecule has 2 heterocycles. The Bertz CT molecular complexity index is 833. The quantitative estimate of drug-likeness (QED) is 0.334. The summed E-state index contributed by atoms with van der Waals surface area (Å²) in [5.41, 5.74) is 8.45. The van der Waals surface area contributed by atoms with Crippen molar-refractivity contribution in [3.63, 3.8) is 0 Å². The zero-order chi connectivity index (χ0) is 15.7. The van der Waals surface area contributed by atoms with Gasteiger partial charge in [-0.25, -0.2) is 9.67 Å². The van der Waals surface area contributed by atoms with Crippen LogP contribution in [0.5, 0.6) is 0 Å². The Morgan fingerprint density at radius 3 is 2.59 bits per heavy atom. The van der Waals surface area contributed by atoms with Gasteiger partial charge >= 0.3 is 0 Å². The summed E-state index contributed by atoms with van der Waals surface area (Å²) in [4.78, 5) is 4.33. The summed E-state index contributed by atoms with van der Waals surface area (Å²) in [6.07, 6.45) is 0. The number of rotatable bonds is 3. The van der Waals surface area contributed by atoms with Crippen LogP contribution in [0.1, 0.15) is 17.1 Å². The molecular weight excluding hydrogens is 282 g/mol. The maximum atomic E-state index is 8.97. The van der Waals surface area contributed by atoms with E-state index in [0.717, 1.165) is 17.0 Å². The third kappa shape index (κ3) is 2.32. The lowest BCUT2D eigenvalue weighted by atomic mass is 10.2. The highest BCUT2D eigenvalue weighted by Gasteiger charge is 2.21. The highest BCUT2D eigenvalue weighted by molar-refractivity contribution is 5.98. The predicted molar refractivity (Wildman–Crippen MR) is 81.0 cm³/mol. The van der Waals surface area contributed by atoms with E-state index in [9.17, 15) is 0 Å². The molecule has 0 unspecified atom stereocenters. The van der Waals surface area contributed by atoms with Crippen LogP contribution in [-0.2, 0) is 0 Å². The second kappa shape index (κ2) is 5.36. The molecule has 0 atom stereocenters. The van der Waals surface area contributed by atoms with Gasteiger partial charge < -0.3 is 15.4 Å². The second-order valence-electron chi connectivity index (χ2n) is 4.86. The highest BCUT2D eigenvalue weighted by Crippen LogP contribution is 2.25. The molecule has 0 saturated carbocycles. The molecule has 1 aromatic carbocycles. The van der Waals surface area contributed by atoms with Gasteiger partial charge in [0.15, 0.2) is 11.5 Å². The van der Waals surface area contributed by atoms with Gasteiger partial charge in [-0.15, -0.1) is 0 Å². The number of oxazole rings is 1. The predicted octanol–water partition coefficient (Wildman–Crippen LogP) is 2.24. The van der Waals surface area contributed by atoms with Gasteiger partial charge in [0.2, 0.25) is 5.89 Å². The minimum absolute atomic E-state index is 0.131. The number of benzene rings is 1. The van der Waals surface area contributed by atoms with E-state index in [1.807, 2.05) is 50.2 Å². The summed E-state index contributed by atoms with van der Waals surface area (Å²) in [6, 6.07) is 11.3. The molecule has 0 bridgehead atoms. The zero-order valence-electron chi connectivity index (χ0n) is 12.2. The summed E-state index contributed by atoms with van der Waals surface area (Å²) in [6.45, 7) is 3.77. The van der Waals surface area contributed by atoms with Crippen molar-refractivity contribution in [2.75, 3.05) is 0 Å². The monoisotopic (exact) mass is 297 g/mol. The van der Waals surface area contributed by atoms with Gasteiger partial charge in [0.25, 0.3) is 5.88 Å². The maximum Gasteiger partial charge on any atom is 0.252 e. The molecule has 7 heteroatoms. The summed E-state index contributed by atoms with van der Waals surface area (Å²) in [5.74, 6) is 0.568. The number of hydrogen-bond donors (Lipinski definition) is 2. The lowest BCUT2D eigenvalue weighted by Crippen LogP contribution is -2.17. The van der Waals surface area contributed by atoms with E-state index in [1.165, 1.54) is 0 Å². The van der Waals surface area contributed by atoms with Crippen molar-refractivity contribution in [2.24, 2.45) is 10.9 Å². The molecular formula is C15H15N5O2. The number of aromatic nitrogens is 3. The molecule has 0 radical (unpaired) electrons. The minimum Gasteiger partial charge on any atom is -0.417 e. The summed E-state index contributed by atoms with van der Waals surface area (Å²) in [7, 11) is 0. The van der Waals surface area contributed by atoms with Crippen molar-refractivity contribution in [3.05, 3.63) is 53.5 Å². The fraction of sp³-hybridized carbons (Fsp3) is 0.133. The van der Waals surface area contributed by atoms with Crippen LogP contribution >= 0.6 is 0 Å². The van der Waals surface area contributed by atoms with E-state index in [0.29, 0.717) is 11.8 Å². The van der Waals surface area contributed by atoms with Gasteiger partial charge in [-0.05, 0) is 32.0 Å². The SMILES string of the molecule is Cc1cc(C)n(-c2oc(-c3ccccc3)nc2/C(N)=N\O)n1. The van der Waals surface area contributed by atoms with Gasteiger partial charge in [-0.1, -0.05) is 23.4 Å². The van der Waals surface area contributed by atoms with Crippen molar-refractivity contribution in [3.8, 4) is 17.3 Å². The normalized spacial score (nSPS) is 11.8. The molecule has 0 fully saturated rings. The molecule has 0 amide bonds. The Labute approximate surface area is 126 Å². The smallest absolute Gasteiger partial charge is 0.252 e. The summed E-state index contributed by atoms with van der Waals surface area (Å²) >= 11 is 0. The first kappa shape index (κ1) is 13.9. The fourth-order valence-corrected chi connectivity index (χ4v) is 2.21. The Balaban J connectivity index is 2.20. The van der Waals surface area contributed by atoms with Crippen molar-refractivity contribution in [1.82, 2.24) is 14.8 Å². The third-order valence-corrected chi connectivity index (χ3v) is 3.18. The lowest BCUT2D eigenvalue weighted by molar-refractivity contribution is 0.318. The molecule has 112 valence electrons. The number of oxime groups is 1. The van der Waals surface area contributed by atoms with Crippen LogP contribution in [0.2, 0.25) is 0 Å². The Morgan fingerprint density at radius 1 is 1.27 bits per heavy atom. The molecule has 22 heavy (non-hydrogen) atoms. The van der Waals surface area contributed by atoms with Gasteiger partial charge in [0, 0.05) is 11.3 Å². The van der Waals surface area contributed by atoms with Crippen molar-refractivity contribution in [2.45, 2.75) is 13.8 Å². The summed E-state index contributed by atoms with van der Waals surface area (Å²) < 4.78 is 7.41. The lowest BCUT2D eigenvalue weighted by Gasteiger charge is -2.01. The molecule has 0 saturated heterocycles. The topological polar surface area (TPSA) is 102 Å². The van der Waals surface area contributed by atoms with Crippen molar-refractivity contribution >= 4 is 5.84 Å². The van der Waals surface area contributed by atoms with Crippen molar-refractivity contribution in [1.29, 1.82) is 0 Å². The van der Waals surface area contributed by atoms with Gasteiger partial charge in [0.05, 0.1) is 5.69 Å². The molecule has 3 rings (SSSR count). The van der Waals surface area contributed by atoms with Crippen LogP contribution in [0.15, 0.2) is 46.0 Å². The van der Waals surface area contributed by atoms with Crippen LogP contribution < -0.4 is 5.73 Å². The highest BCUT2D eigenvalue weighted by atomic mass is 16.4.